The molecule has 1 amide bonds. The lowest BCUT2D eigenvalue weighted by Crippen LogP contribution is -2.47. The average molecular weight is 499 g/mol. The van der Waals surface area contributed by atoms with Gasteiger partial charge in [-0.15, -0.1) is 0 Å². The van der Waals surface area contributed by atoms with Crippen molar-refractivity contribution in [2.75, 3.05) is 45.5 Å². The molecule has 2 aliphatic rings. The molecule has 2 saturated heterocycles. The summed E-state index contributed by atoms with van der Waals surface area (Å²) in [4.78, 5) is 17.5. The van der Waals surface area contributed by atoms with Crippen LogP contribution >= 0.6 is 0 Å². The van der Waals surface area contributed by atoms with Crippen LogP contribution in [-0.4, -0.2) is 74.0 Å². The van der Waals surface area contributed by atoms with Crippen molar-refractivity contribution in [3.8, 4) is 0 Å². The van der Waals surface area contributed by atoms with E-state index in [4.69, 9.17) is 0 Å². The van der Waals surface area contributed by atoms with E-state index in [2.05, 4.69) is 46.3 Å². The maximum Gasteiger partial charge on any atom is 0.251 e. The van der Waals surface area contributed by atoms with Crippen LogP contribution in [0.3, 0.4) is 0 Å². The number of carbonyl (C=O) groups excluding carboxylic acids is 1. The molecule has 0 saturated carbocycles. The highest BCUT2D eigenvalue weighted by Crippen LogP contribution is 2.18. The number of nitrogens with zero attached hydrogens (tertiary/aromatic N) is 3. The number of nitrogens with one attached hydrogen (secondary N) is 1. The number of carbonyl (C=O) groups is 1. The zero-order valence-corrected chi connectivity index (χ0v) is 21.8. The molecule has 0 spiro atoms. The number of piperazine rings is 1. The summed E-state index contributed by atoms with van der Waals surface area (Å²) in [6.07, 6.45) is 3.82. The Kier molecular flexibility index (Phi) is 8.59. The highest BCUT2D eigenvalue weighted by Gasteiger charge is 2.23. The smallest absolute Gasteiger partial charge is 0.251 e. The standard InChI is InChI=1S/C27H38N4O3S/c1-22-10-12-29(13-11-22)20-24-8-6-23(7-9-24)19-28-27(32)26-5-3-4-25(18-26)21-30-14-16-31(17-15-30)35(2,33)34/h3-9,18,22H,10-17,19-21H2,1-2H3,(H,28,32). The molecular weight excluding hydrogens is 460 g/mol. The zero-order chi connectivity index (χ0) is 24.8. The van der Waals surface area contributed by atoms with Crippen LogP contribution in [0.25, 0.3) is 0 Å². The molecule has 0 atom stereocenters. The van der Waals surface area contributed by atoms with Crippen molar-refractivity contribution < 1.29 is 13.2 Å². The lowest BCUT2D eigenvalue weighted by molar-refractivity contribution is 0.0950. The monoisotopic (exact) mass is 498 g/mol. The number of piperidine rings is 1. The van der Waals surface area contributed by atoms with Gasteiger partial charge in [0.05, 0.1) is 6.26 Å². The molecule has 0 unspecified atom stereocenters. The Balaban J connectivity index is 1.24. The molecule has 8 heteroatoms. The van der Waals surface area contributed by atoms with Gasteiger partial charge >= 0.3 is 0 Å². The summed E-state index contributed by atoms with van der Waals surface area (Å²) in [5.74, 6) is 0.760. The van der Waals surface area contributed by atoms with E-state index in [1.165, 1.54) is 42.1 Å². The second kappa shape index (κ2) is 11.6. The molecule has 4 rings (SSSR count). The fourth-order valence-corrected chi connectivity index (χ4v) is 5.64. The average Bonchev–Trinajstić information content (AvgIpc) is 2.85. The van der Waals surface area contributed by atoms with Gasteiger partial charge in [-0.2, -0.15) is 4.31 Å². The quantitative estimate of drug-likeness (QED) is 0.606. The molecule has 2 aliphatic heterocycles. The van der Waals surface area contributed by atoms with Crippen LogP contribution in [-0.2, 0) is 29.7 Å². The number of sulfonamides is 1. The molecule has 2 aromatic carbocycles. The first-order valence-corrected chi connectivity index (χ1v) is 14.5. The fraction of sp³-hybridized carbons (Fsp3) is 0.519. The van der Waals surface area contributed by atoms with Crippen molar-refractivity contribution in [1.29, 1.82) is 0 Å². The van der Waals surface area contributed by atoms with Gasteiger partial charge < -0.3 is 5.32 Å². The Hall–Kier alpha value is -2.26. The summed E-state index contributed by atoms with van der Waals surface area (Å²) in [5.41, 5.74) is 4.11. The minimum atomic E-state index is -3.13. The van der Waals surface area contributed by atoms with E-state index in [9.17, 15) is 13.2 Å². The third-order valence-corrected chi connectivity index (χ3v) is 8.46. The van der Waals surface area contributed by atoms with Gasteiger partial charge in [0, 0.05) is 51.4 Å². The Morgan fingerprint density at radius 3 is 2.11 bits per heavy atom. The maximum absolute atomic E-state index is 12.8. The van der Waals surface area contributed by atoms with Gasteiger partial charge in [0.2, 0.25) is 10.0 Å². The molecule has 0 bridgehead atoms. The van der Waals surface area contributed by atoms with Crippen LogP contribution in [0.15, 0.2) is 48.5 Å². The molecule has 2 fully saturated rings. The van der Waals surface area contributed by atoms with Gasteiger partial charge in [-0.25, -0.2) is 8.42 Å². The Bertz CT molecular complexity index is 1090. The molecule has 190 valence electrons. The second-order valence-corrected chi connectivity index (χ2v) is 12.1. The van der Waals surface area contributed by atoms with Crippen molar-refractivity contribution >= 4 is 15.9 Å². The predicted octanol–water partition coefficient (Wildman–Crippen LogP) is 2.93. The number of likely N-dealkylation sites (tertiary alicyclic amines) is 1. The molecule has 2 aromatic rings. The topological polar surface area (TPSA) is 73.0 Å². The Labute approximate surface area is 210 Å². The first-order valence-electron chi connectivity index (χ1n) is 12.6. The summed E-state index contributed by atoms with van der Waals surface area (Å²) >= 11 is 0. The van der Waals surface area contributed by atoms with Gasteiger partial charge in [-0.3, -0.25) is 14.6 Å². The highest BCUT2D eigenvalue weighted by molar-refractivity contribution is 7.88. The van der Waals surface area contributed by atoms with E-state index in [0.717, 1.165) is 23.6 Å². The van der Waals surface area contributed by atoms with E-state index >= 15 is 0 Å². The molecule has 7 nitrogen and oxygen atoms in total. The summed E-state index contributed by atoms with van der Waals surface area (Å²) in [7, 11) is -3.13. The van der Waals surface area contributed by atoms with Gasteiger partial charge in [-0.1, -0.05) is 43.3 Å². The Morgan fingerprint density at radius 2 is 1.46 bits per heavy atom. The minimum absolute atomic E-state index is 0.0831. The molecule has 0 aromatic heterocycles. The van der Waals surface area contributed by atoms with Gasteiger partial charge in [0.25, 0.3) is 5.91 Å². The van der Waals surface area contributed by atoms with Crippen LogP contribution in [0.5, 0.6) is 0 Å². The van der Waals surface area contributed by atoms with Crippen LogP contribution in [0.4, 0.5) is 0 Å². The van der Waals surface area contributed by atoms with E-state index in [1.54, 1.807) is 0 Å². The fourth-order valence-electron chi connectivity index (χ4n) is 4.81. The van der Waals surface area contributed by atoms with Crippen LogP contribution in [0, 0.1) is 5.92 Å². The van der Waals surface area contributed by atoms with Crippen molar-refractivity contribution in [3.05, 3.63) is 70.8 Å². The first kappa shape index (κ1) is 25.8. The van der Waals surface area contributed by atoms with Crippen molar-refractivity contribution in [1.82, 2.24) is 19.4 Å². The van der Waals surface area contributed by atoms with E-state index in [0.29, 0.717) is 44.8 Å². The molecule has 0 radical (unpaired) electrons. The minimum Gasteiger partial charge on any atom is -0.348 e. The van der Waals surface area contributed by atoms with Gasteiger partial charge in [-0.05, 0) is 60.7 Å². The lowest BCUT2D eigenvalue weighted by atomic mass is 9.99. The second-order valence-electron chi connectivity index (χ2n) is 10.1. The largest absolute Gasteiger partial charge is 0.348 e. The van der Waals surface area contributed by atoms with Crippen LogP contribution < -0.4 is 5.32 Å². The number of benzene rings is 2. The lowest BCUT2D eigenvalue weighted by Gasteiger charge is -2.33. The number of hydrogen-bond acceptors (Lipinski definition) is 5. The third-order valence-electron chi connectivity index (χ3n) is 7.15. The highest BCUT2D eigenvalue weighted by atomic mass is 32.2. The molecule has 2 heterocycles. The molecule has 0 aliphatic carbocycles. The summed E-state index contributed by atoms with van der Waals surface area (Å²) in [6.45, 7) is 9.28. The van der Waals surface area contributed by atoms with Gasteiger partial charge in [0.15, 0.2) is 0 Å². The van der Waals surface area contributed by atoms with Crippen molar-refractivity contribution in [2.24, 2.45) is 5.92 Å². The third kappa shape index (κ3) is 7.61. The first-order chi connectivity index (χ1) is 16.8. The van der Waals surface area contributed by atoms with E-state index in [1.807, 2.05) is 24.3 Å². The van der Waals surface area contributed by atoms with Gasteiger partial charge in [0.1, 0.15) is 0 Å². The predicted molar refractivity (Wildman–Crippen MR) is 139 cm³/mol. The maximum atomic E-state index is 12.8. The molecule has 35 heavy (non-hydrogen) atoms. The summed E-state index contributed by atoms with van der Waals surface area (Å²) in [6, 6.07) is 16.2. The van der Waals surface area contributed by atoms with E-state index < -0.39 is 10.0 Å². The summed E-state index contributed by atoms with van der Waals surface area (Å²) in [5, 5.41) is 3.04. The Morgan fingerprint density at radius 1 is 0.857 bits per heavy atom. The SMILES string of the molecule is CC1CCN(Cc2ccc(CNC(=O)c3cccc(CN4CCN(S(C)(=O)=O)CC4)c3)cc2)CC1. The van der Waals surface area contributed by atoms with Crippen LogP contribution in [0.1, 0.15) is 46.8 Å². The number of amides is 1. The summed E-state index contributed by atoms with van der Waals surface area (Å²) < 4.78 is 24.9. The number of rotatable bonds is 8. The molecule has 1 N–H and O–H groups in total. The number of hydrogen-bond donors (Lipinski definition) is 1. The van der Waals surface area contributed by atoms with E-state index in [-0.39, 0.29) is 5.91 Å². The van der Waals surface area contributed by atoms with Crippen molar-refractivity contribution in [3.63, 3.8) is 0 Å². The normalized spacial score (nSPS) is 19.0. The zero-order valence-electron chi connectivity index (χ0n) is 20.9. The molecular formula is C27H38N4O3S. The van der Waals surface area contributed by atoms with Crippen LogP contribution in [0.2, 0.25) is 0 Å². The van der Waals surface area contributed by atoms with Crippen molar-refractivity contribution in [2.45, 2.75) is 39.4 Å².